The van der Waals surface area contributed by atoms with E-state index in [2.05, 4.69) is 0 Å². The number of aldehydes is 1. The average Bonchev–Trinajstić information content (AvgIpc) is 2.46. The lowest BCUT2D eigenvalue weighted by atomic mass is 10.0. The van der Waals surface area contributed by atoms with Gasteiger partial charge in [0, 0.05) is 17.9 Å². The number of Topliss-reactive ketones (excluding diaryl/α,β-unsaturated/α-hetero) is 1. The fraction of sp³-hybridized carbons (Fsp3) is 0.273. The number of halogens is 1. The zero-order valence-corrected chi connectivity index (χ0v) is 7.50. The van der Waals surface area contributed by atoms with E-state index in [-0.39, 0.29) is 18.1 Å². The summed E-state index contributed by atoms with van der Waals surface area (Å²) in [5.41, 5.74) is 1.29. The van der Waals surface area contributed by atoms with E-state index in [1.807, 2.05) is 0 Å². The molecule has 1 aromatic carbocycles. The van der Waals surface area contributed by atoms with Crippen molar-refractivity contribution in [3.8, 4) is 0 Å². The number of carbonyl (C=O) groups is 2. The molecule has 0 aromatic heterocycles. The van der Waals surface area contributed by atoms with Gasteiger partial charge in [-0.25, -0.2) is 4.39 Å². The third-order valence-corrected chi connectivity index (χ3v) is 2.56. The van der Waals surface area contributed by atoms with Crippen molar-refractivity contribution in [3.05, 3.63) is 35.1 Å². The Labute approximate surface area is 80.7 Å². The van der Waals surface area contributed by atoms with Gasteiger partial charge in [0.05, 0.1) is 0 Å². The summed E-state index contributed by atoms with van der Waals surface area (Å²) in [5.74, 6) is -0.778. The molecule has 1 aliphatic carbocycles. The van der Waals surface area contributed by atoms with Crippen LogP contribution in [0.2, 0.25) is 0 Å². The molecule has 0 fully saturated rings. The Morgan fingerprint density at radius 2 is 2.29 bits per heavy atom. The van der Waals surface area contributed by atoms with E-state index in [1.165, 1.54) is 12.1 Å². The predicted molar refractivity (Wildman–Crippen MR) is 48.6 cm³/mol. The van der Waals surface area contributed by atoms with Crippen LogP contribution in [0.15, 0.2) is 18.2 Å². The molecule has 2 rings (SSSR count). The molecule has 14 heavy (non-hydrogen) atoms. The lowest BCUT2D eigenvalue weighted by molar-refractivity contribution is -0.108. The Morgan fingerprint density at radius 1 is 1.50 bits per heavy atom. The summed E-state index contributed by atoms with van der Waals surface area (Å²) in [6.07, 6.45) is 1.53. The van der Waals surface area contributed by atoms with Crippen LogP contribution in [0, 0.1) is 11.7 Å². The SMILES string of the molecule is O=CCC1Cc2ccc(F)cc2C1=O. The second-order valence-corrected chi connectivity index (χ2v) is 3.47. The first-order valence-electron chi connectivity index (χ1n) is 4.48. The van der Waals surface area contributed by atoms with Crippen LogP contribution in [-0.4, -0.2) is 12.1 Å². The molecule has 0 spiro atoms. The molecule has 1 aromatic rings. The van der Waals surface area contributed by atoms with E-state index < -0.39 is 5.82 Å². The Kier molecular flexibility index (Phi) is 2.15. The molecule has 2 nitrogen and oxygen atoms in total. The van der Waals surface area contributed by atoms with Crippen LogP contribution in [0.3, 0.4) is 0 Å². The number of hydrogen-bond donors (Lipinski definition) is 0. The van der Waals surface area contributed by atoms with Crippen molar-refractivity contribution in [1.29, 1.82) is 0 Å². The minimum atomic E-state index is -0.399. The molecule has 1 atom stereocenters. The van der Waals surface area contributed by atoms with Crippen LogP contribution >= 0.6 is 0 Å². The van der Waals surface area contributed by atoms with E-state index in [9.17, 15) is 14.0 Å². The highest BCUT2D eigenvalue weighted by atomic mass is 19.1. The number of hydrogen-bond acceptors (Lipinski definition) is 2. The number of benzene rings is 1. The van der Waals surface area contributed by atoms with Crippen molar-refractivity contribution < 1.29 is 14.0 Å². The predicted octanol–water partition coefficient (Wildman–Crippen LogP) is 1.77. The van der Waals surface area contributed by atoms with Crippen LogP contribution in [0.25, 0.3) is 0 Å². The Morgan fingerprint density at radius 3 is 3.00 bits per heavy atom. The first-order valence-corrected chi connectivity index (χ1v) is 4.48. The first kappa shape index (κ1) is 9.06. The Balaban J connectivity index is 2.36. The topological polar surface area (TPSA) is 34.1 Å². The maximum Gasteiger partial charge on any atom is 0.167 e. The van der Waals surface area contributed by atoms with Crippen LogP contribution in [0.1, 0.15) is 22.3 Å². The van der Waals surface area contributed by atoms with Crippen molar-refractivity contribution in [3.63, 3.8) is 0 Å². The standard InChI is InChI=1S/C11H9FO2/c12-9-2-1-7-5-8(3-4-13)11(14)10(7)6-9/h1-2,4,6,8H,3,5H2. The molecule has 0 amide bonds. The van der Waals surface area contributed by atoms with Gasteiger partial charge in [-0.3, -0.25) is 4.79 Å². The number of ketones is 1. The molecule has 72 valence electrons. The van der Waals surface area contributed by atoms with Crippen LogP contribution < -0.4 is 0 Å². The van der Waals surface area contributed by atoms with Crippen molar-refractivity contribution in [1.82, 2.24) is 0 Å². The van der Waals surface area contributed by atoms with Gasteiger partial charge in [-0.05, 0) is 24.1 Å². The van der Waals surface area contributed by atoms with Crippen molar-refractivity contribution >= 4 is 12.1 Å². The summed E-state index contributed by atoms with van der Waals surface area (Å²) in [7, 11) is 0. The van der Waals surface area contributed by atoms with Gasteiger partial charge in [0.1, 0.15) is 12.1 Å². The molecule has 1 unspecified atom stereocenters. The molecule has 3 heteroatoms. The van der Waals surface area contributed by atoms with Gasteiger partial charge >= 0.3 is 0 Å². The monoisotopic (exact) mass is 192 g/mol. The van der Waals surface area contributed by atoms with E-state index >= 15 is 0 Å². The maximum atomic E-state index is 12.8. The smallest absolute Gasteiger partial charge is 0.167 e. The Hall–Kier alpha value is -1.51. The maximum absolute atomic E-state index is 12.8. The zero-order chi connectivity index (χ0) is 10.1. The molecular formula is C11H9FO2. The summed E-state index contributed by atoms with van der Waals surface area (Å²) >= 11 is 0. The number of carbonyl (C=O) groups excluding carboxylic acids is 2. The molecule has 0 heterocycles. The van der Waals surface area contributed by atoms with Crippen molar-refractivity contribution in [2.24, 2.45) is 5.92 Å². The highest BCUT2D eigenvalue weighted by molar-refractivity contribution is 6.03. The summed E-state index contributed by atoms with van der Waals surface area (Å²) in [6.45, 7) is 0. The molecule has 0 bridgehead atoms. The second kappa shape index (κ2) is 3.33. The van der Waals surface area contributed by atoms with Gasteiger partial charge in [-0.2, -0.15) is 0 Å². The summed E-state index contributed by atoms with van der Waals surface area (Å²) < 4.78 is 12.8. The molecule has 1 aliphatic rings. The molecule has 0 saturated carbocycles. The number of fused-ring (bicyclic) bond motifs is 1. The van der Waals surface area contributed by atoms with E-state index in [0.29, 0.717) is 12.0 Å². The van der Waals surface area contributed by atoms with Crippen LogP contribution in [-0.2, 0) is 11.2 Å². The average molecular weight is 192 g/mol. The summed E-state index contributed by atoms with van der Waals surface area (Å²) in [4.78, 5) is 21.9. The second-order valence-electron chi connectivity index (χ2n) is 3.47. The fourth-order valence-corrected chi connectivity index (χ4v) is 1.84. The lowest BCUT2D eigenvalue weighted by Crippen LogP contribution is -2.09. The highest BCUT2D eigenvalue weighted by Crippen LogP contribution is 2.28. The van der Waals surface area contributed by atoms with E-state index in [4.69, 9.17) is 0 Å². The van der Waals surface area contributed by atoms with Gasteiger partial charge in [0.2, 0.25) is 0 Å². The molecule has 0 N–H and O–H groups in total. The summed E-state index contributed by atoms with van der Waals surface area (Å²) in [5, 5.41) is 0. The largest absolute Gasteiger partial charge is 0.303 e. The molecule has 0 saturated heterocycles. The molecule has 0 aliphatic heterocycles. The first-order chi connectivity index (χ1) is 6.72. The zero-order valence-electron chi connectivity index (χ0n) is 7.50. The van der Waals surface area contributed by atoms with Crippen LogP contribution in [0.5, 0.6) is 0 Å². The molecule has 0 radical (unpaired) electrons. The van der Waals surface area contributed by atoms with Gasteiger partial charge in [-0.15, -0.1) is 0 Å². The number of rotatable bonds is 2. The quantitative estimate of drug-likeness (QED) is 0.669. The van der Waals surface area contributed by atoms with Gasteiger partial charge in [0.25, 0.3) is 0 Å². The Bertz CT molecular complexity index is 398. The summed E-state index contributed by atoms with van der Waals surface area (Å²) in [6, 6.07) is 4.21. The van der Waals surface area contributed by atoms with Crippen molar-refractivity contribution in [2.45, 2.75) is 12.8 Å². The van der Waals surface area contributed by atoms with Crippen LogP contribution in [0.4, 0.5) is 4.39 Å². The third kappa shape index (κ3) is 1.35. The van der Waals surface area contributed by atoms with Gasteiger partial charge < -0.3 is 4.79 Å². The molecular weight excluding hydrogens is 183 g/mol. The van der Waals surface area contributed by atoms with Gasteiger partial charge in [-0.1, -0.05) is 6.07 Å². The third-order valence-electron chi connectivity index (χ3n) is 2.56. The minimum Gasteiger partial charge on any atom is -0.303 e. The van der Waals surface area contributed by atoms with E-state index in [0.717, 1.165) is 11.8 Å². The van der Waals surface area contributed by atoms with Gasteiger partial charge in [0.15, 0.2) is 5.78 Å². The lowest BCUT2D eigenvalue weighted by Gasteiger charge is -1.99. The van der Waals surface area contributed by atoms with Crippen molar-refractivity contribution in [2.75, 3.05) is 0 Å². The van der Waals surface area contributed by atoms with E-state index in [1.54, 1.807) is 6.07 Å². The normalized spacial score (nSPS) is 19.5. The minimum absolute atomic E-state index is 0.105. The highest BCUT2D eigenvalue weighted by Gasteiger charge is 2.30. The fourth-order valence-electron chi connectivity index (χ4n) is 1.84.